The van der Waals surface area contributed by atoms with Crippen molar-refractivity contribution in [2.45, 2.75) is 32.1 Å². The average molecular weight is 352 g/mol. The van der Waals surface area contributed by atoms with Gasteiger partial charge in [0.25, 0.3) is 0 Å². The van der Waals surface area contributed by atoms with Gasteiger partial charge in [0, 0.05) is 18.6 Å². The maximum absolute atomic E-state index is 12.1. The van der Waals surface area contributed by atoms with Crippen LogP contribution in [-0.4, -0.2) is 36.3 Å². The Bertz CT molecular complexity index is 536. The third-order valence-electron chi connectivity index (χ3n) is 4.61. The average Bonchev–Trinajstić information content (AvgIpc) is 2.60. The normalized spacial score (nSPS) is 21.0. The van der Waals surface area contributed by atoms with Crippen molar-refractivity contribution in [1.29, 1.82) is 0 Å². The van der Waals surface area contributed by atoms with Crippen molar-refractivity contribution in [3.05, 3.63) is 41.4 Å². The van der Waals surface area contributed by atoms with E-state index in [2.05, 4.69) is 6.08 Å². The summed E-state index contributed by atoms with van der Waals surface area (Å²) < 4.78 is 5.33. The van der Waals surface area contributed by atoms with Crippen LogP contribution in [0.5, 0.6) is 5.75 Å². The van der Waals surface area contributed by atoms with Crippen LogP contribution in [0.15, 0.2) is 36.4 Å². The van der Waals surface area contributed by atoms with E-state index in [0.717, 1.165) is 6.42 Å². The van der Waals surface area contributed by atoms with Gasteiger partial charge in [0.15, 0.2) is 0 Å². The lowest BCUT2D eigenvalue weighted by Crippen LogP contribution is -2.32. The first kappa shape index (κ1) is 18.8. The quantitative estimate of drug-likeness (QED) is 0.767. The minimum Gasteiger partial charge on any atom is -0.410 e. The fraction of sp³-hybridized carbons (Fsp3) is 0.526. The number of ether oxygens (including phenoxy) is 1. The molecule has 1 amide bonds. The fourth-order valence-corrected chi connectivity index (χ4v) is 3.20. The zero-order chi connectivity index (χ0) is 17.4. The van der Waals surface area contributed by atoms with Gasteiger partial charge >= 0.3 is 6.09 Å². The lowest BCUT2D eigenvalue weighted by Gasteiger charge is -2.28. The first-order valence-electron chi connectivity index (χ1n) is 8.54. The summed E-state index contributed by atoms with van der Waals surface area (Å²) >= 11 is 5.82. The van der Waals surface area contributed by atoms with Crippen LogP contribution in [0.25, 0.3) is 0 Å². The molecule has 1 N–H and O–H groups in total. The van der Waals surface area contributed by atoms with Gasteiger partial charge < -0.3 is 14.7 Å². The topological polar surface area (TPSA) is 49.8 Å². The molecule has 0 aromatic heterocycles. The summed E-state index contributed by atoms with van der Waals surface area (Å²) in [6.07, 6.45) is 9.33. The number of hydrogen-bond donors (Lipinski definition) is 1. The maximum atomic E-state index is 12.1. The molecule has 1 aromatic carbocycles. The molecule has 0 unspecified atom stereocenters. The maximum Gasteiger partial charge on any atom is 0.414 e. The van der Waals surface area contributed by atoms with Crippen molar-refractivity contribution in [1.82, 2.24) is 4.90 Å². The second-order valence-corrected chi connectivity index (χ2v) is 6.86. The molecule has 0 radical (unpaired) electrons. The van der Waals surface area contributed by atoms with Gasteiger partial charge in [-0.2, -0.15) is 0 Å². The Morgan fingerprint density at radius 2 is 1.96 bits per heavy atom. The molecule has 0 heterocycles. The van der Waals surface area contributed by atoms with Crippen molar-refractivity contribution in [2.24, 2.45) is 11.8 Å². The highest BCUT2D eigenvalue weighted by Crippen LogP contribution is 2.31. The number of nitrogens with zero attached hydrogens (tertiary/aromatic N) is 1. The second-order valence-electron chi connectivity index (χ2n) is 6.42. The molecule has 1 fully saturated rings. The number of aliphatic hydroxyl groups excluding tert-OH is 1. The minimum absolute atomic E-state index is 0.125. The molecule has 132 valence electrons. The first-order chi connectivity index (χ1) is 11.6. The number of benzene rings is 1. The largest absolute Gasteiger partial charge is 0.414 e. The molecule has 0 spiro atoms. The molecule has 4 nitrogen and oxygen atoms in total. The van der Waals surface area contributed by atoms with Gasteiger partial charge in [-0.1, -0.05) is 23.8 Å². The Labute approximate surface area is 149 Å². The summed E-state index contributed by atoms with van der Waals surface area (Å²) in [5.74, 6) is 1.77. The van der Waals surface area contributed by atoms with E-state index in [9.17, 15) is 4.79 Å². The number of aliphatic hydroxyl groups is 1. The number of amides is 1. The third kappa shape index (κ3) is 6.17. The van der Waals surface area contributed by atoms with Crippen LogP contribution in [0.2, 0.25) is 5.02 Å². The smallest absolute Gasteiger partial charge is 0.410 e. The Hall–Kier alpha value is -1.52. The lowest BCUT2D eigenvalue weighted by atomic mass is 9.80. The highest BCUT2D eigenvalue weighted by Gasteiger charge is 2.21. The van der Waals surface area contributed by atoms with Crippen LogP contribution >= 0.6 is 11.6 Å². The van der Waals surface area contributed by atoms with E-state index >= 15 is 0 Å². The van der Waals surface area contributed by atoms with E-state index in [4.69, 9.17) is 21.4 Å². The number of carbonyl (C=O) groups is 1. The van der Waals surface area contributed by atoms with Gasteiger partial charge in [0.05, 0.1) is 6.61 Å². The molecular weight excluding hydrogens is 326 g/mol. The van der Waals surface area contributed by atoms with Crippen LogP contribution in [0, 0.1) is 11.8 Å². The molecule has 24 heavy (non-hydrogen) atoms. The van der Waals surface area contributed by atoms with E-state index in [1.54, 1.807) is 36.2 Å². The minimum atomic E-state index is -0.336. The monoisotopic (exact) mass is 351 g/mol. The number of hydrogen-bond acceptors (Lipinski definition) is 3. The zero-order valence-electron chi connectivity index (χ0n) is 14.2. The van der Waals surface area contributed by atoms with Gasteiger partial charge in [-0.05, 0) is 68.2 Å². The molecule has 1 saturated carbocycles. The summed E-state index contributed by atoms with van der Waals surface area (Å²) in [6, 6.07) is 6.78. The Kier molecular flexibility index (Phi) is 7.60. The molecule has 5 heteroatoms. The van der Waals surface area contributed by atoms with Crippen LogP contribution in [0.1, 0.15) is 32.1 Å². The summed E-state index contributed by atoms with van der Waals surface area (Å²) in [4.78, 5) is 13.7. The zero-order valence-corrected chi connectivity index (χ0v) is 14.9. The number of carbonyl (C=O) groups excluding carboxylic acids is 1. The fourth-order valence-electron chi connectivity index (χ4n) is 3.07. The van der Waals surface area contributed by atoms with Crippen LogP contribution in [-0.2, 0) is 0 Å². The standard InChI is InChI=1S/C19H26ClNO3/c1-21(19(23)24-18-10-8-17(20)9-11-18)13-12-16-6-4-15(5-7-16)3-2-14-22/h2-3,8-11,15-16,22H,4-7,12-14H2,1H3. The van der Waals surface area contributed by atoms with Gasteiger partial charge in [0.1, 0.15) is 5.75 Å². The highest BCUT2D eigenvalue weighted by molar-refractivity contribution is 6.30. The third-order valence-corrected chi connectivity index (χ3v) is 4.86. The van der Waals surface area contributed by atoms with Crippen molar-refractivity contribution in [3.8, 4) is 5.75 Å². The van der Waals surface area contributed by atoms with Gasteiger partial charge in [-0.3, -0.25) is 0 Å². The molecule has 0 saturated heterocycles. The molecule has 0 atom stereocenters. The molecule has 1 aliphatic carbocycles. The summed E-state index contributed by atoms with van der Waals surface area (Å²) in [5.41, 5.74) is 0. The van der Waals surface area contributed by atoms with Gasteiger partial charge in [-0.15, -0.1) is 0 Å². The van der Waals surface area contributed by atoms with Crippen LogP contribution in [0.3, 0.4) is 0 Å². The van der Waals surface area contributed by atoms with Crippen LogP contribution < -0.4 is 4.74 Å². The van der Waals surface area contributed by atoms with E-state index in [0.29, 0.717) is 29.2 Å². The van der Waals surface area contributed by atoms with Gasteiger partial charge in [-0.25, -0.2) is 4.79 Å². The lowest BCUT2D eigenvalue weighted by molar-refractivity contribution is 0.157. The number of rotatable bonds is 6. The molecule has 2 rings (SSSR count). The molecular formula is C19H26ClNO3. The van der Waals surface area contributed by atoms with Crippen LogP contribution in [0.4, 0.5) is 4.79 Å². The van der Waals surface area contributed by atoms with E-state index in [-0.39, 0.29) is 12.7 Å². The van der Waals surface area contributed by atoms with E-state index < -0.39 is 0 Å². The Balaban J connectivity index is 1.69. The van der Waals surface area contributed by atoms with Crippen molar-refractivity contribution in [2.75, 3.05) is 20.2 Å². The number of allylic oxidation sites excluding steroid dienone is 1. The summed E-state index contributed by atoms with van der Waals surface area (Å²) in [6.45, 7) is 0.828. The predicted molar refractivity (Wildman–Crippen MR) is 96.4 cm³/mol. The van der Waals surface area contributed by atoms with Crippen molar-refractivity contribution >= 4 is 17.7 Å². The molecule has 1 aliphatic rings. The van der Waals surface area contributed by atoms with Crippen molar-refractivity contribution in [3.63, 3.8) is 0 Å². The first-order valence-corrected chi connectivity index (χ1v) is 8.92. The Morgan fingerprint density at radius 3 is 2.58 bits per heavy atom. The summed E-state index contributed by atoms with van der Waals surface area (Å²) in [7, 11) is 1.77. The SMILES string of the molecule is CN(CCC1CCC(C=CCO)CC1)C(=O)Oc1ccc(Cl)cc1. The second kappa shape index (κ2) is 9.70. The highest BCUT2D eigenvalue weighted by atomic mass is 35.5. The molecule has 0 bridgehead atoms. The predicted octanol–water partition coefficient (Wildman–Crippen LogP) is 4.52. The molecule has 0 aliphatic heterocycles. The molecule has 1 aromatic rings. The summed E-state index contributed by atoms with van der Waals surface area (Å²) in [5, 5.41) is 9.44. The van der Waals surface area contributed by atoms with Crippen molar-refractivity contribution < 1.29 is 14.6 Å². The van der Waals surface area contributed by atoms with E-state index in [1.807, 2.05) is 6.08 Å². The van der Waals surface area contributed by atoms with E-state index in [1.165, 1.54) is 25.7 Å². The number of halogens is 1. The Morgan fingerprint density at radius 1 is 1.29 bits per heavy atom. The van der Waals surface area contributed by atoms with Gasteiger partial charge in [0.2, 0.25) is 0 Å².